The fourth-order valence-corrected chi connectivity index (χ4v) is 1.71. The molecule has 0 aliphatic rings. The highest BCUT2D eigenvalue weighted by molar-refractivity contribution is 5.31. The summed E-state index contributed by atoms with van der Waals surface area (Å²) in [4.78, 5) is 0. The molecule has 3 heteroatoms. The van der Waals surface area contributed by atoms with E-state index < -0.39 is 0 Å². The lowest BCUT2D eigenvalue weighted by Gasteiger charge is -2.09. The zero-order valence-electron chi connectivity index (χ0n) is 10.2. The van der Waals surface area contributed by atoms with Crippen molar-refractivity contribution in [3.05, 3.63) is 11.4 Å². The molecule has 0 aromatic carbocycles. The van der Waals surface area contributed by atoms with Gasteiger partial charge in [-0.3, -0.25) is 4.68 Å². The van der Waals surface area contributed by atoms with Crippen molar-refractivity contribution in [2.45, 2.75) is 53.5 Å². The highest BCUT2D eigenvalue weighted by atomic mass is 16.3. The number of unbranched alkanes of at least 4 members (excludes halogenated alkanes) is 1. The summed E-state index contributed by atoms with van der Waals surface area (Å²) in [7, 11) is 0. The molecule has 0 saturated carbocycles. The largest absolute Gasteiger partial charge is 0.504 e. The van der Waals surface area contributed by atoms with Crippen molar-refractivity contribution in [3.63, 3.8) is 0 Å². The van der Waals surface area contributed by atoms with Crippen LogP contribution in [0.15, 0.2) is 0 Å². The standard InChI is InChI=1S/C12H22N2O/c1-5-6-7-11-12(15)10(4)13-14(11)8-9(2)3/h9,15H,5-8H2,1-4H3. The Kier molecular flexibility index (Phi) is 4.18. The van der Waals surface area contributed by atoms with E-state index in [4.69, 9.17) is 0 Å². The average molecular weight is 210 g/mol. The topological polar surface area (TPSA) is 38.1 Å². The first-order chi connectivity index (χ1) is 7.06. The Morgan fingerprint density at radius 1 is 1.40 bits per heavy atom. The molecule has 0 spiro atoms. The third-order valence-electron chi connectivity index (χ3n) is 2.50. The molecular weight excluding hydrogens is 188 g/mol. The number of rotatable bonds is 5. The van der Waals surface area contributed by atoms with Gasteiger partial charge in [0.15, 0.2) is 5.75 Å². The number of aromatic hydroxyl groups is 1. The van der Waals surface area contributed by atoms with Gasteiger partial charge < -0.3 is 5.11 Å². The van der Waals surface area contributed by atoms with Crippen LogP contribution in [-0.4, -0.2) is 14.9 Å². The highest BCUT2D eigenvalue weighted by Gasteiger charge is 2.14. The molecule has 1 N–H and O–H groups in total. The molecule has 1 rings (SSSR count). The molecule has 15 heavy (non-hydrogen) atoms. The van der Waals surface area contributed by atoms with Gasteiger partial charge in [0, 0.05) is 6.54 Å². The first-order valence-electron chi connectivity index (χ1n) is 5.81. The fraction of sp³-hybridized carbons (Fsp3) is 0.750. The fourth-order valence-electron chi connectivity index (χ4n) is 1.71. The molecule has 0 amide bonds. The third-order valence-corrected chi connectivity index (χ3v) is 2.50. The predicted octanol–water partition coefficient (Wildman–Crippen LogP) is 2.90. The van der Waals surface area contributed by atoms with Crippen LogP contribution in [0.1, 0.15) is 45.0 Å². The average Bonchev–Trinajstić information content (AvgIpc) is 2.40. The molecule has 0 fully saturated rings. The molecule has 0 atom stereocenters. The molecule has 0 aliphatic heterocycles. The summed E-state index contributed by atoms with van der Waals surface area (Å²) in [6.45, 7) is 9.24. The van der Waals surface area contributed by atoms with Gasteiger partial charge in [0.2, 0.25) is 0 Å². The maximum atomic E-state index is 9.87. The van der Waals surface area contributed by atoms with Gasteiger partial charge in [0.05, 0.1) is 5.69 Å². The van der Waals surface area contributed by atoms with Crippen LogP contribution >= 0.6 is 0 Å². The van der Waals surface area contributed by atoms with E-state index >= 15 is 0 Å². The van der Waals surface area contributed by atoms with E-state index in [-0.39, 0.29) is 0 Å². The van der Waals surface area contributed by atoms with Crippen molar-refractivity contribution in [1.29, 1.82) is 0 Å². The van der Waals surface area contributed by atoms with Crippen LogP contribution in [0.5, 0.6) is 5.75 Å². The molecule has 0 aliphatic carbocycles. The lowest BCUT2D eigenvalue weighted by molar-refractivity contribution is 0.441. The Hall–Kier alpha value is -0.990. The SMILES string of the molecule is CCCCc1c(O)c(C)nn1CC(C)C. The van der Waals surface area contributed by atoms with E-state index in [0.29, 0.717) is 11.7 Å². The molecule has 3 nitrogen and oxygen atoms in total. The molecule has 1 aromatic heterocycles. The Balaban J connectivity index is 2.88. The van der Waals surface area contributed by atoms with Gasteiger partial charge in [-0.25, -0.2) is 0 Å². The van der Waals surface area contributed by atoms with Crippen molar-refractivity contribution in [2.75, 3.05) is 0 Å². The van der Waals surface area contributed by atoms with E-state index in [1.807, 2.05) is 11.6 Å². The molecule has 1 heterocycles. The van der Waals surface area contributed by atoms with Crippen molar-refractivity contribution in [3.8, 4) is 5.75 Å². The number of aromatic nitrogens is 2. The molecule has 86 valence electrons. The lowest BCUT2D eigenvalue weighted by atomic mass is 10.1. The van der Waals surface area contributed by atoms with Gasteiger partial charge >= 0.3 is 0 Å². The smallest absolute Gasteiger partial charge is 0.159 e. The zero-order chi connectivity index (χ0) is 11.4. The molecule has 0 saturated heterocycles. The van der Waals surface area contributed by atoms with Crippen LogP contribution in [0, 0.1) is 12.8 Å². The Morgan fingerprint density at radius 2 is 2.07 bits per heavy atom. The molecular formula is C12H22N2O. The van der Waals surface area contributed by atoms with Crippen LogP contribution in [-0.2, 0) is 13.0 Å². The summed E-state index contributed by atoms with van der Waals surface area (Å²) >= 11 is 0. The second kappa shape index (κ2) is 5.19. The number of nitrogens with zero attached hydrogens (tertiary/aromatic N) is 2. The maximum Gasteiger partial charge on any atom is 0.159 e. The predicted molar refractivity (Wildman–Crippen MR) is 62.1 cm³/mol. The zero-order valence-corrected chi connectivity index (χ0v) is 10.2. The van der Waals surface area contributed by atoms with Gasteiger partial charge in [0.1, 0.15) is 5.69 Å². The minimum atomic E-state index is 0.393. The van der Waals surface area contributed by atoms with Gasteiger partial charge in [0.25, 0.3) is 0 Å². The van der Waals surface area contributed by atoms with Crippen LogP contribution in [0.4, 0.5) is 0 Å². The Bertz CT molecular complexity index is 316. The van der Waals surface area contributed by atoms with E-state index in [1.165, 1.54) is 0 Å². The third kappa shape index (κ3) is 2.98. The minimum absolute atomic E-state index is 0.393. The summed E-state index contributed by atoms with van der Waals surface area (Å²) in [5.41, 5.74) is 1.75. The summed E-state index contributed by atoms with van der Waals surface area (Å²) in [5, 5.41) is 14.2. The van der Waals surface area contributed by atoms with Gasteiger partial charge in [-0.2, -0.15) is 5.10 Å². The normalized spacial score (nSPS) is 11.3. The van der Waals surface area contributed by atoms with Crippen LogP contribution in [0.25, 0.3) is 0 Å². The molecule has 0 unspecified atom stereocenters. The maximum absolute atomic E-state index is 9.87. The van der Waals surface area contributed by atoms with Crippen LogP contribution in [0.2, 0.25) is 0 Å². The summed E-state index contributed by atoms with van der Waals surface area (Å²) in [6, 6.07) is 0. The van der Waals surface area contributed by atoms with E-state index in [2.05, 4.69) is 25.9 Å². The summed E-state index contributed by atoms with van der Waals surface area (Å²) < 4.78 is 1.96. The number of aryl methyl sites for hydroxylation is 1. The van der Waals surface area contributed by atoms with Crippen molar-refractivity contribution >= 4 is 0 Å². The lowest BCUT2D eigenvalue weighted by Crippen LogP contribution is -2.09. The minimum Gasteiger partial charge on any atom is -0.504 e. The second-order valence-electron chi connectivity index (χ2n) is 4.56. The van der Waals surface area contributed by atoms with E-state index in [9.17, 15) is 5.11 Å². The Labute approximate surface area is 92.1 Å². The van der Waals surface area contributed by atoms with Crippen molar-refractivity contribution in [2.24, 2.45) is 5.92 Å². The van der Waals surface area contributed by atoms with Crippen molar-refractivity contribution in [1.82, 2.24) is 9.78 Å². The van der Waals surface area contributed by atoms with Crippen molar-refractivity contribution < 1.29 is 5.11 Å². The molecule has 0 radical (unpaired) electrons. The van der Waals surface area contributed by atoms with Gasteiger partial charge in [-0.1, -0.05) is 27.2 Å². The van der Waals surface area contributed by atoms with Gasteiger partial charge in [-0.15, -0.1) is 0 Å². The quantitative estimate of drug-likeness (QED) is 0.811. The monoisotopic (exact) mass is 210 g/mol. The Morgan fingerprint density at radius 3 is 2.60 bits per heavy atom. The van der Waals surface area contributed by atoms with E-state index in [0.717, 1.165) is 37.2 Å². The second-order valence-corrected chi connectivity index (χ2v) is 4.56. The molecule has 0 bridgehead atoms. The first kappa shape index (κ1) is 12.1. The highest BCUT2D eigenvalue weighted by Crippen LogP contribution is 2.23. The van der Waals surface area contributed by atoms with E-state index in [1.54, 1.807) is 0 Å². The van der Waals surface area contributed by atoms with Crippen LogP contribution in [0.3, 0.4) is 0 Å². The van der Waals surface area contributed by atoms with Crippen LogP contribution < -0.4 is 0 Å². The summed E-state index contributed by atoms with van der Waals surface area (Å²) in [5.74, 6) is 0.952. The summed E-state index contributed by atoms with van der Waals surface area (Å²) in [6.07, 6.45) is 3.18. The number of hydrogen-bond acceptors (Lipinski definition) is 2. The first-order valence-corrected chi connectivity index (χ1v) is 5.81. The van der Waals surface area contributed by atoms with Gasteiger partial charge in [-0.05, 0) is 25.7 Å². The number of hydrogen-bond donors (Lipinski definition) is 1. The molecule has 1 aromatic rings.